The zero-order chi connectivity index (χ0) is 12.3. The molecule has 2 heterocycles. The molecule has 1 N–H and O–H groups in total. The van der Waals surface area contributed by atoms with Crippen molar-refractivity contribution in [3.8, 4) is 0 Å². The average molecular weight is 251 g/mol. The van der Waals surface area contributed by atoms with Crippen LogP contribution in [-0.4, -0.2) is 16.5 Å². The van der Waals surface area contributed by atoms with Crippen LogP contribution in [0.15, 0.2) is 29.9 Å². The number of nitrogens with zero attached hydrogens (tertiary/aromatic N) is 2. The summed E-state index contributed by atoms with van der Waals surface area (Å²) in [5, 5.41) is 5.19. The fourth-order valence-corrected chi connectivity index (χ4v) is 2.34. The first-order valence-corrected chi connectivity index (χ1v) is 6.21. The van der Waals surface area contributed by atoms with E-state index in [4.69, 9.17) is 0 Å². The van der Waals surface area contributed by atoms with Crippen LogP contribution >= 0.6 is 11.3 Å². The fraction of sp³-hybridized carbons (Fsp3) is 0.333. The lowest BCUT2D eigenvalue weighted by molar-refractivity contribution is 0.562. The summed E-state index contributed by atoms with van der Waals surface area (Å²) in [5.74, 6) is -0.00133. The number of halogens is 1. The van der Waals surface area contributed by atoms with Crippen LogP contribution in [-0.2, 0) is 5.41 Å². The summed E-state index contributed by atoms with van der Waals surface area (Å²) < 4.78 is 12.9. The standard InChI is InChI=1S/C12H14FN3S/c1-12(2,9-4-3-5-17-9)7-14-11-6-10(13)15-8-16-11/h3-6,8H,7H2,1-2H3,(H,14,15,16). The molecule has 0 amide bonds. The SMILES string of the molecule is CC(C)(CNc1cc(F)ncn1)c1cccs1. The molecule has 0 radical (unpaired) electrons. The average Bonchev–Trinajstić information content (AvgIpc) is 2.81. The molecule has 0 atom stereocenters. The second-order valence-electron chi connectivity index (χ2n) is 4.44. The second-order valence-corrected chi connectivity index (χ2v) is 5.39. The molecule has 17 heavy (non-hydrogen) atoms. The van der Waals surface area contributed by atoms with Crippen molar-refractivity contribution < 1.29 is 4.39 Å². The third-order valence-corrected chi connectivity index (χ3v) is 3.77. The highest BCUT2D eigenvalue weighted by molar-refractivity contribution is 7.10. The number of thiophene rings is 1. The van der Waals surface area contributed by atoms with Gasteiger partial charge in [0.2, 0.25) is 5.95 Å². The lowest BCUT2D eigenvalue weighted by Gasteiger charge is -2.23. The van der Waals surface area contributed by atoms with Crippen LogP contribution in [0.1, 0.15) is 18.7 Å². The molecule has 90 valence electrons. The van der Waals surface area contributed by atoms with Gasteiger partial charge < -0.3 is 5.32 Å². The van der Waals surface area contributed by atoms with Crippen molar-refractivity contribution >= 4 is 17.2 Å². The van der Waals surface area contributed by atoms with Gasteiger partial charge in [0.25, 0.3) is 0 Å². The van der Waals surface area contributed by atoms with Crippen molar-refractivity contribution in [2.75, 3.05) is 11.9 Å². The number of anilines is 1. The van der Waals surface area contributed by atoms with E-state index in [9.17, 15) is 4.39 Å². The molecule has 0 spiro atoms. The number of nitrogens with one attached hydrogen (secondary N) is 1. The zero-order valence-corrected chi connectivity index (χ0v) is 10.6. The molecule has 3 nitrogen and oxygen atoms in total. The van der Waals surface area contributed by atoms with E-state index in [1.165, 1.54) is 17.3 Å². The van der Waals surface area contributed by atoms with Gasteiger partial charge in [0.05, 0.1) is 0 Å². The molecule has 0 aliphatic rings. The highest BCUT2D eigenvalue weighted by atomic mass is 32.1. The van der Waals surface area contributed by atoms with Crippen molar-refractivity contribution in [3.05, 3.63) is 40.7 Å². The van der Waals surface area contributed by atoms with Gasteiger partial charge in [-0.3, -0.25) is 0 Å². The van der Waals surface area contributed by atoms with Crippen molar-refractivity contribution in [3.63, 3.8) is 0 Å². The smallest absolute Gasteiger partial charge is 0.217 e. The lowest BCUT2D eigenvalue weighted by atomic mass is 9.91. The van der Waals surface area contributed by atoms with Crippen LogP contribution in [0.3, 0.4) is 0 Å². The van der Waals surface area contributed by atoms with Gasteiger partial charge in [0.1, 0.15) is 12.1 Å². The molecule has 2 rings (SSSR count). The Morgan fingerprint density at radius 2 is 2.24 bits per heavy atom. The summed E-state index contributed by atoms with van der Waals surface area (Å²) in [7, 11) is 0. The van der Waals surface area contributed by atoms with E-state index in [1.807, 2.05) is 6.07 Å². The fourth-order valence-electron chi connectivity index (χ4n) is 1.49. The Labute approximate surface area is 104 Å². The predicted molar refractivity (Wildman–Crippen MR) is 67.8 cm³/mol. The van der Waals surface area contributed by atoms with E-state index in [2.05, 4.69) is 40.6 Å². The number of aromatic nitrogens is 2. The number of rotatable bonds is 4. The van der Waals surface area contributed by atoms with Crippen LogP contribution in [0, 0.1) is 5.95 Å². The van der Waals surface area contributed by atoms with Crippen molar-refractivity contribution in [2.24, 2.45) is 0 Å². The van der Waals surface area contributed by atoms with Crippen LogP contribution in [0.25, 0.3) is 0 Å². The first kappa shape index (κ1) is 12.0. The van der Waals surface area contributed by atoms with E-state index in [0.29, 0.717) is 12.4 Å². The normalized spacial score (nSPS) is 11.5. The molecule has 0 unspecified atom stereocenters. The summed E-state index contributed by atoms with van der Waals surface area (Å²) in [5.41, 5.74) is -0.00437. The van der Waals surface area contributed by atoms with Gasteiger partial charge >= 0.3 is 0 Å². The first-order valence-electron chi connectivity index (χ1n) is 5.33. The Hall–Kier alpha value is -1.49. The second kappa shape index (κ2) is 4.79. The topological polar surface area (TPSA) is 37.8 Å². The van der Waals surface area contributed by atoms with E-state index in [0.717, 1.165) is 0 Å². The van der Waals surface area contributed by atoms with Gasteiger partial charge in [-0.1, -0.05) is 19.9 Å². The minimum Gasteiger partial charge on any atom is -0.369 e. The Balaban J connectivity index is 2.03. The minimum atomic E-state index is -0.517. The Bertz CT molecular complexity index is 482. The maximum Gasteiger partial charge on any atom is 0.217 e. The molecule has 0 fully saturated rings. The maximum absolute atomic E-state index is 12.9. The van der Waals surface area contributed by atoms with Gasteiger partial charge in [-0.25, -0.2) is 9.97 Å². The van der Waals surface area contributed by atoms with Crippen LogP contribution < -0.4 is 5.32 Å². The van der Waals surface area contributed by atoms with Crippen molar-refractivity contribution in [1.82, 2.24) is 9.97 Å². The third-order valence-electron chi connectivity index (χ3n) is 2.53. The minimum absolute atomic E-state index is 0.00437. The Morgan fingerprint density at radius 1 is 1.41 bits per heavy atom. The summed E-state index contributed by atoms with van der Waals surface area (Å²) in [6.45, 7) is 4.98. The zero-order valence-electron chi connectivity index (χ0n) is 9.77. The molecule has 0 bridgehead atoms. The van der Waals surface area contributed by atoms with Gasteiger partial charge in [0, 0.05) is 22.9 Å². The summed E-state index contributed by atoms with van der Waals surface area (Å²) >= 11 is 1.72. The maximum atomic E-state index is 12.9. The molecule has 0 saturated heterocycles. The van der Waals surface area contributed by atoms with E-state index in [-0.39, 0.29) is 5.41 Å². The third kappa shape index (κ3) is 3.00. The molecule has 0 aliphatic heterocycles. The van der Waals surface area contributed by atoms with E-state index >= 15 is 0 Å². The molecule has 0 saturated carbocycles. The summed E-state index contributed by atoms with van der Waals surface area (Å²) in [6, 6.07) is 5.43. The van der Waals surface area contributed by atoms with Gasteiger partial charge in [-0.05, 0) is 11.4 Å². The first-order chi connectivity index (χ1) is 8.08. The highest BCUT2D eigenvalue weighted by Crippen LogP contribution is 2.27. The predicted octanol–water partition coefficient (Wildman–Crippen LogP) is 3.07. The molecular formula is C12H14FN3S. The van der Waals surface area contributed by atoms with E-state index < -0.39 is 5.95 Å². The van der Waals surface area contributed by atoms with Gasteiger partial charge in [-0.2, -0.15) is 4.39 Å². The quantitative estimate of drug-likeness (QED) is 0.849. The van der Waals surface area contributed by atoms with Gasteiger partial charge in [0.15, 0.2) is 0 Å². The highest BCUT2D eigenvalue weighted by Gasteiger charge is 2.21. The number of hydrogen-bond donors (Lipinski definition) is 1. The van der Waals surface area contributed by atoms with Crippen LogP contribution in [0.4, 0.5) is 10.2 Å². The molecule has 2 aromatic rings. The lowest BCUT2D eigenvalue weighted by Crippen LogP contribution is -2.26. The summed E-state index contributed by atoms with van der Waals surface area (Å²) in [6.07, 6.45) is 1.22. The number of hydrogen-bond acceptors (Lipinski definition) is 4. The molecular weight excluding hydrogens is 237 g/mol. The molecule has 0 aromatic carbocycles. The monoisotopic (exact) mass is 251 g/mol. The van der Waals surface area contributed by atoms with Crippen molar-refractivity contribution in [1.29, 1.82) is 0 Å². The Morgan fingerprint density at radius 3 is 2.88 bits per heavy atom. The van der Waals surface area contributed by atoms with E-state index in [1.54, 1.807) is 11.3 Å². The Kier molecular flexibility index (Phi) is 3.38. The molecule has 0 aliphatic carbocycles. The van der Waals surface area contributed by atoms with Crippen molar-refractivity contribution in [2.45, 2.75) is 19.3 Å². The summed E-state index contributed by atoms with van der Waals surface area (Å²) in [4.78, 5) is 8.67. The van der Waals surface area contributed by atoms with Gasteiger partial charge in [-0.15, -0.1) is 11.3 Å². The largest absolute Gasteiger partial charge is 0.369 e. The van der Waals surface area contributed by atoms with Crippen LogP contribution in [0.5, 0.6) is 0 Å². The molecule has 2 aromatic heterocycles. The molecule has 5 heteroatoms. The van der Waals surface area contributed by atoms with Crippen LogP contribution in [0.2, 0.25) is 0 Å².